The first kappa shape index (κ1) is 28.3. The van der Waals surface area contributed by atoms with Gasteiger partial charge < -0.3 is 20.1 Å². The highest BCUT2D eigenvalue weighted by molar-refractivity contribution is 7.98. The number of urea groups is 1. The van der Waals surface area contributed by atoms with Crippen LogP contribution in [0.15, 0.2) is 71.9 Å². The molecule has 0 aliphatic heterocycles. The summed E-state index contributed by atoms with van der Waals surface area (Å²) in [4.78, 5) is 24.4. The monoisotopic (exact) mass is 585 g/mol. The average Bonchev–Trinajstić information content (AvgIpc) is 3.35. The van der Waals surface area contributed by atoms with Crippen molar-refractivity contribution in [3.8, 4) is 11.4 Å². The number of aromatic nitrogens is 3. The quantitative estimate of drug-likeness (QED) is 0.164. The number of amides is 2. The number of rotatable bonds is 10. The van der Waals surface area contributed by atoms with Gasteiger partial charge in [-0.3, -0.25) is 4.57 Å². The summed E-state index contributed by atoms with van der Waals surface area (Å²) in [6, 6.07) is 18.8. The van der Waals surface area contributed by atoms with Crippen LogP contribution in [0.2, 0.25) is 10.0 Å². The van der Waals surface area contributed by atoms with Gasteiger partial charge in [0, 0.05) is 16.5 Å². The maximum absolute atomic E-state index is 12.6. The van der Waals surface area contributed by atoms with E-state index in [0.717, 1.165) is 11.3 Å². The van der Waals surface area contributed by atoms with E-state index < -0.39 is 12.0 Å². The summed E-state index contributed by atoms with van der Waals surface area (Å²) < 4.78 is 12.1. The van der Waals surface area contributed by atoms with Crippen molar-refractivity contribution < 1.29 is 19.1 Å². The van der Waals surface area contributed by atoms with Crippen LogP contribution in [0.4, 0.5) is 10.5 Å². The number of hydrogen-bond donors (Lipinski definition) is 2. The second kappa shape index (κ2) is 13.4. The van der Waals surface area contributed by atoms with Crippen LogP contribution in [0.1, 0.15) is 28.7 Å². The Morgan fingerprint density at radius 1 is 1.03 bits per heavy atom. The molecule has 39 heavy (non-hydrogen) atoms. The minimum atomic E-state index is -0.462. The molecule has 0 unspecified atom stereocenters. The van der Waals surface area contributed by atoms with Crippen molar-refractivity contribution in [2.45, 2.75) is 24.4 Å². The van der Waals surface area contributed by atoms with Gasteiger partial charge in [0.25, 0.3) is 0 Å². The number of benzene rings is 3. The van der Waals surface area contributed by atoms with E-state index in [1.165, 1.54) is 11.8 Å². The zero-order valence-electron chi connectivity index (χ0n) is 21.1. The fourth-order valence-electron chi connectivity index (χ4n) is 3.56. The summed E-state index contributed by atoms with van der Waals surface area (Å²) in [5.74, 6) is 1.40. The van der Waals surface area contributed by atoms with Gasteiger partial charge in [0.2, 0.25) is 0 Å². The maximum atomic E-state index is 12.6. The van der Waals surface area contributed by atoms with E-state index in [4.69, 9.17) is 32.7 Å². The number of nitrogens with zero attached hydrogens (tertiary/aromatic N) is 3. The molecule has 0 saturated carbocycles. The van der Waals surface area contributed by atoms with Gasteiger partial charge in [0.05, 0.1) is 36.5 Å². The third kappa shape index (κ3) is 7.44. The van der Waals surface area contributed by atoms with E-state index in [1.807, 2.05) is 24.3 Å². The van der Waals surface area contributed by atoms with Crippen molar-refractivity contribution >= 4 is 52.7 Å². The number of methoxy groups -OCH3 is 1. The summed E-state index contributed by atoms with van der Waals surface area (Å²) in [5.41, 5.74) is 2.54. The van der Waals surface area contributed by atoms with E-state index >= 15 is 0 Å². The lowest BCUT2D eigenvalue weighted by Gasteiger charge is -2.13. The van der Waals surface area contributed by atoms with E-state index in [2.05, 4.69) is 20.8 Å². The second-order valence-electron chi connectivity index (χ2n) is 8.08. The summed E-state index contributed by atoms with van der Waals surface area (Å²) >= 11 is 14.2. The first-order valence-corrected chi connectivity index (χ1v) is 13.6. The number of carbonyl (C=O) groups is 2. The van der Waals surface area contributed by atoms with Crippen LogP contribution < -0.4 is 15.4 Å². The van der Waals surface area contributed by atoms with Gasteiger partial charge >= 0.3 is 12.0 Å². The molecule has 0 bridgehead atoms. The largest absolute Gasteiger partial charge is 0.497 e. The topological polar surface area (TPSA) is 107 Å². The van der Waals surface area contributed by atoms with E-state index in [9.17, 15) is 9.59 Å². The van der Waals surface area contributed by atoms with Crippen LogP contribution in [0, 0.1) is 0 Å². The second-order valence-corrected chi connectivity index (χ2v) is 9.86. The number of halogens is 2. The fraction of sp³-hybridized carbons (Fsp3) is 0.185. The van der Waals surface area contributed by atoms with Gasteiger partial charge in [0.1, 0.15) is 5.75 Å². The van der Waals surface area contributed by atoms with Crippen molar-refractivity contribution in [1.29, 1.82) is 0 Å². The third-order valence-corrected chi connectivity index (χ3v) is 6.97. The fourth-order valence-corrected chi connectivity index (χ4v) is 4.83. The minimum absolute atomic E-state index is 0.0578. The van der Waals surface area contributed by atoms with Gasteiger partial charge in [0.15, 0.2) is 11.0 Å². The number of carbonyl (C=O) groups excluding carboxylic acids is 2. The van der Waals surface area contributed by atoms with Crippen molar-refractivity contribution in [1.82, 2.24) is 20.1 Å². The average molecular weight is 587 g/mol. The van der Waals surface area contributed by atoms with Crippen molar-refractivity contribution in [3.63, 3.8) is 0 Å². The number of nitrogens with one attached hydrogen (secondary N) is 2. The first-order chi connectivity index (χ1) is 18.9. The molecule has 0 saturated heterocycles. The third-order valence-electron chi connectivity index (χ3n) is 5.41. The minimum Gasteiger partial charge on any atom is -0.497 e. The Balaban J connectivity index is 1.49. The van der Waals surface area contributed by atoms with Crippen molar-refractivity contribution in [2.24, 2.45) is 0 Å². The van der Waals surface area contributed by atoms with Gasteiger partial charge in [-0.25, -0.2) is 9.59 Å². The van der Waals surface area contributed by atoms with E-state index in [1.54, 1.807) is 61.1 Å². The number of esters is 1. The zero-order chi connectivity index (χ0) is 27.8. The van der Waals surface area contributed by atoms with Gasteiger partial charge in [-0.1, -0.05) is 47.1 Å². The molecular formula is C27H25Cl2N5O4S. The molecule has 0 aliphatic rings. The molecule has 0 spiro atoms. The highest BCUT2D eigenvalue weighted by Crippen LogP contribution is 2.31. The number of anilines is 1. The smallest absolute Gasteiger partial charge is 0.338 e. The molecule has 3 aromatic carbocycles. The predicted octanol–water partition coefficient (Wildman–Crippen LogP) is 6.37. The van der Waals surface area contributed by atoms with Crippen LogP contribution in [0.5, 0.6) is 5.75 Å². The molecule has 9 nitrogen and oxygen atoms in total. The Kier molecular flexibility index (Phi) is 9.69. The van der Waals surface area contributed by atoms with Gasteiger partial charge in [-0.2, -0.15) is 0 Å². The number of hydrogen-bond acceptors (Lipinski definition) is 7. The Morgan fingerprint density at radius 3 is 2.56 bits per heavy atom. The molecule has 2 amide bonds. The van der Waals surface area contributed by atoms with Crippen LogP contribution >= 0.6 is 35.0 Å². The lowest BCUT2D eigenvalue weighted by Crippen LogP contribution is -2.29. The van der Waals surface area contributed by atoms with Crippen LogP contribution in [0.25, 0.3) is 5.69 Å². The lowest BCUT2D eigenvalue weighted by molar-refractivity contribution is 0.0526. The molecular weight excluding hydrogens is 561 g/mol. The molecule has 1 aromatic heterocycles. The Bertz CT molecular complexity index is 1460. The number of thioether (sulfide) groups is 1. The van der Waals surface area contributed by atoms with E-state index in [-0.39, 0.29) is 13.2 Å². The predicted molar refractivity (Wildman–Crippen MR) is 152 cm³/mol. The molecule has 0 atom stereocenters. The van der Waals surface area contributed by atoms with Crippen LogP contribution in [-0.2, 0) is 17.0 Å². The zero-order valence-corrected chi connectivity index (χ0v) is 23.4. The molecule has 12 heteroatoms. The maximum Gasteiger partial charge on any atom is 0.338 e. The Hall–Kier alpha value is -3.73. The van der Waals surface area contributed by atoms with Gasteiger partial charge in [-0.15, -0.1) is 10.2 Å². The Morgan fingerprint density at radius 2 is 1.82 bits per heavy atom. The van der Waals surface area contributed by atoms with Crippen LogP contribution in [0.3, 0.4) is 0 Å². The van der Waals surface area contributed by atoms with E-state index in [0.29, 0.717) is 43.7 Å². The summed E-state index contributed by atoms with van der Waals surface area (Å²) in [5, 5.41) is 15.7. The molecule has 1 heterocycles. The summed E-state index contributed by atoms with van der Waals surface area (Å²) in [7, 11) is 1.62. The molecule has 0 fully saturated rings. The molecule has 0 aliphatic carbocycles. The molecule has 2 N–H and O–H groups in total. The highest BCUT2D eigenvalue weighted by Gasteiger charge is 2.18. The molecule has 4 rings (SSSR count). The molecule has 202 valence electrons. The first-order valence-electron chi connectivity index (χ1n) is 11.9. The molecule has 0 radical (unpaired) electrons. The lowest BCUT2D eigenvalue weighted by atomic mass is 10.2. The van der Waals surface area contributed by atoms with Crippen molar-refractivity contribution in [2.75, 3.05) is 19.0 Å². The van der Waals surface area contributed by atoms with Gasteiger partial charge in [-0.05, 0) is 67.1 Å². The standard InChI is InChI=1S/C27H25Cl2N5O4S/c1-3-38-25(35)18-7-10-20(11-8-18)31-26(36)30-15-24-32-33-27(34(24)23-14-19(28)9-12-22(23)29)39-16-17-5-4-6-21(13-17)37-2/h4-14H,3,15-16H2,1-2H3,(H2,30,31,36). The number of ether oxygens (including phenoxy) is 2. The van der Waals surface area contributed by atoms with Crippen molar-refractivity contribution in [3.05, 3.63) is 93.7 Å². The summed E-state index contributed by atoms with van der Waals surface area (Å²) in [6.07, 6.45) is 0. The highest BCUT2D eigenvalue weighted by atomic mass is 35.5. The normalized spacial score (nSPS) is 10.7. The van der Waals surface area contributed by atoms with Crippen LogP contribution in [-0.4, -0.2) is 40.5 Å². The molecule has 4 aromatic rings. The Labute approximate surface area is 239 Å². The summed E-state index contributed by atoms with van der Waals surface area (Å²) in [6.45, 7) is 2.08. The SMILES string of the molecule is CCOC(=O)c1ccc(NC(=O)NCc2nnc(SCc3cccc(OC)c3)n2-c2cc(Cl)ccc2Cl)cc1.